The van der Waals surface area contributed by atoms with E-state index >= 15 is 0 Å². The van der Waals surface area contributed by atoms with Gasteiger partial charge in [-0.25, -0.2) is 9.18 Å². The van der Waals surface area contributed by atoms with Crippen LogP contribution in [0, 0.1) is 5.82 Å². The zero-order chi connectivity index (χ0) is 14.7. The lowest BCUT2D eigenvalue weighted by molar-refractivity contribution is 0.0696. The second-order valence-electron chi connectivity index (χ2n) is 4.62. The highest BCUT2D eigenvalue weighted by atomic mass is 19.1. The maximum Gasteiger partial charge on any atom is 0.335 e. The molecule has 0 saturated carbocycles. The van der Waals surface area contributed by atoms with Gasteiger partial charge >= 0.3 is 5.97 Å². The molecule has 6 heteroatoms. The topological polar surface area (TPSA) is 64.3 Å². The number of benzene rings is 1. The summed E-state index contributed by atoms with van der Waals surface area (Å²) in [7, 11) is 0. The molecule has 1 heterocycles. The van der Waals surface area contributed by atoms with Crippen LogP contribution in [0.25, 0.3) is 0 Å². The first-order valence-corrected chi connectivity index (χ1v) is 6.17. The Balaban J connectivity index is 2.05. The number of halogens is 1. The fraction of sp³-hybridized carbons (Fsp3) is 0.286. The molecule has 5 nitrogen and oxygen atoms in total. The molecule has 0 spiro atoms. The average molecular weight is 278 g/mol. The van der Waals surface area contributed by atoms with Crippen molar-refractivity contribution < 1.29 is 19.0 Å². The van der Waals surface area contributed by atoms with Crippen LogP contribution in [0.4, 0.5) is 4.39 Å². The second kappa shape index (κ2) is 5.73. The number of aromatic carboxylic acids is 1. The Labute approximate surface area is 115 Å². The van der Waals surface area contributed by atoms with E-state index in [2.05, 4.69) is 5.10 Å². The molecular formula is C14H15FN2O3. The summed E-state index contributed by atoms with van der Waals surface area (Å²) in [6.07, 6.45) is 1.83. The third kappa shape index (κ3) is 3.14. The predicted octanol–water partition coefficient (Wildman–Crippen LogP) is 2.88. The minimum absolute atomic E-state index is 0.00842. The minimum Gasteiger partial charge on any atom is -0.484 e. The summed E-state index contributed by atoms with van der Waals surface area (Å²) in [4.78, 5) is 10.7. The van der Waals surface area contributed by atoms with Crippen LogP contribution in [0.15, 0.2) is 30.5 Å². The van der Waals surface area contributed by atoms with E-state index < -0.39 is 11.8 Å². The van der Waals surface area contributed by atoms with Crippen molar-refractivity contribution in [2.24, 2.45) is 0 Å². The van der Waals surface area contributed by atoms with Crippen LogP contribution >= 0.6 is 0 Å². The standard InChI is InChI=1S/C14H15FN2O3/c1-9(2)17-6-5-11(16-17)8-20-13-4-3-10(14(18)19)7-12(13)15/h3-7,9H,8H2,1-2H3,(H,18,19). The number of rotatable bonds is 5. The highest BCUT2D eigenvalue weighted by Gasteiger charge is 2.10. The number of hydrogen-bond donors (Lipinski definition) is 1. The Bertz CT molecular complexity index is 623. The molecule has 0 saturated heterocycles. The fourth-order valence-corrected chi connectivity index (χ4v) is 1.64. The number of carboxylic acids is 1. The number of carboxylic acid groups (broad SMARTS) is 1. The first-order chi connectivity index (χ1) is 9.47. The van der Waals surface area contributed by atoms with Crippen LogP contribution in [-0.2, 0) is 6.61 Å². The van der Waals surface area contributed by atoms with Crippen LogP contribution in [0.5, 0.6) is 5.75 Å². The summed E-state index contributed by atoms with van der Waals surface area (Å²) < 4.78 is 20.7. The van der Waals surface area contributed by atoms with Gasteiger partial charge < -0.3 is 9.84 Å². The maximum atomic E-state index is 13.6. The molecule has 1 aromatic carbocycles. The van der Waals surface area contributed by atoms with Gasteiger partial charge in [0.25, 0.3) is 0 Å². The molecule has 0 fully saturated rings. The zero-order valence-corrected chi connectivity index (χ0v) is 11.2. The van der Waals surface area contributed by atoms with Crippen molar-refractivity contribution in [3.63, 3.8) is 0 Å². The number of ether oxygens (including phenoxy) is 1. The molecule has 20 heavy (non-hydrogen) atoms. The fourth-order valence-electron chi connectivity index (χ4n) is 1.64. The minimum atomic E-state index is -1.17. The first-order valence-electron chi connectivity index (χ1n) is 6.17. The molecular weight excluding hydrogens is 263 g/mol. The molecule has 0 radical (unpaired) electrons. The monoisotopic (exact) mass is 278 g/mol. The van der Waals surface area contributed by atoms with Gasteiger partial charge in [-0.3, -0.25) is 4.68 Å². The van der Waals surface area contributed by atoms with E-state index in [1.54, 1.807) is 10.7 Å². The van der Waals surface area contributed by atoms with Crippen molar-refractivity contribution in [2.45, 2.75) is 26.5 Å². The number of hydrogen-bond acceptors (Lipinski definition) is 3. The molecule has 2 aromatic rings. The van der Waals surface area contributed by atoms with Gasteiger partial charge in [0, 0.05) is 12.2 Å². The third-order valence-corrected chi connectivity index (χ3v) is 2.75. The van der Waals surface area contributed by atoms with Crippen LogP contribution in [0.2, 0.25) is 0 Å². The van der Waals surface area contributed by atoms with Crippen molar-refractivity contribution in [1.29, 1.82) is 0 Å². The largest absolute Gasteiger partial charge is 0.484 e. The van der Waals surface area contributed by atoms with Crippen LogP contribution in [0.1, 0.15) is 35.9 Å². The van der Waals surface area contributed by atoms with E-state index in [-0.39, 0.29) is 24.0 Å². The molecule has 106 valence electrons. The summed E-state index contributed by atoms with van der Waals surface area (Å²) in [6, 6.07) is 5.58. The lowest BCUT2D eigenvalue weighted by Crippen LogP contribution is -2.04. The predicted molar refractivity (Wildman–Crippen MR) is 70.3 cm³/mol. The molecule has 2 rings (SSSR count). The highest BCUT2D eigenvalue weighted by molar-refractivity contribution is 5.87. The molecule has 1 N–H and O–H groups in total. The van der Waals surface area contributed by atoms with E-state index in [1.165, 1.54) is 12.1 Å². The van der Waals surface area contributed by atoms with Gasteiger partial charge in [-0.15, -0.1) is 0 Å². The van der Waals surface area contributed by atoms with E-state index in [1.807, 2.05) is 20.0 Å². The molecule has 0 bridgehead atoms. The number of nitrogens with zero attached hydrogens (tertiary/aromatic N) is 2. The van der Waals surface area contributed by atoms with Gasteiger partial charge in [0.05, 0.1) is 11.3 Å². The van der Waals surface area contributed by atoms with Gasteiger partial charge in [-0.05, 0) is 38.1 Å². The van der Waals surface area contributed by atoms with E-state index in [4.69, 9.17) is 9.84 Å². The molecule has 0 aliphatic heterocycles. The van der Waals surface area contributed by atoms with Crippen molar-refractivity contribution in [3.05, 3.63) is 47.5 Å². The third-order valence-electron chi connectivity index (χ3n) is 2.75. The quantitative estimate of drug-likeness (QED) is 0.913. The van der Waals surface area contributed by atoms with Crippen LogP contribution in [0.3, 0.4) is 0 Å². The van der Waals surface area contributed by atoms with Crippen LogP contribution in [-0.4, -0.2) is 20.9 Å². The van der Waals surface area contributed by atoms with E-state index in [0.29, 0.717) is 5.69 Å². The highest BCUT2D eigenvalue weighted by Crippen LogP contribution is 2.19. The van der Waals surface area contributed by atoms with Gasteiger partial charge in [-0.1, -0.05) is 0 Å². The summed E-state index contributed by atoms with van der Waals surface area (Å²) in [5.74, 6) is -1.87. The Morgan fingerprint density at radius 3 is 2.75 bits per heavy atom. The second-order valence-corrected chi connectivity index (χ2v) is 4.62. The first kappa shape index (κ1) is 14.0. The molecule has 0 atom stereocenters. The lowest BCUT2D eigenvalue weighted by atomic mass is 10.2. The number of carbonyl (C=O) groups is 1. The Hall–Kier alpha value is -2.37. The molecule has 0 unspecified atom stereocenters. The van der Waals surface area contributed by atoms with E-state index in [9.17, 15) is 9.18 Å². The van der Waals surface area contributed by atoms with Gasteiger partial charge in [-0.2, -0.15) is 5.10 Å². The Morgan fingerprint density at radius 1 is 1.45 bits per heavy atom. The summed E-state index contributed by atoms with van der Waals surface area (Å²) in [6.45, 7) is 4.13. The van der Waals surface area contributed by atoms with Crippen molar-refractivity contribution in [3.8, 4) is 5.75 Å². The summed E-state index contributed by atoms with van der Waals surface area (Å²) in [5.41, 5.74) is 0.569. The molecule has 0 aliphatic carbocycles. The van der Waals surface area contributed by atoms with Gasteiger partial charge in [0.15, 0.2) is 11.6 Å². The molecule has 1 aromatic heterocycles. The normalized spacial score (nSPS) is 10.8. The SMILES string of the molecule is CC(C)n1ccc(COc2ccc(C(=O)O)cc2F)n1. The molecule has 0 amide bonds. The Kier molecular flexibility index (Phi) is 4.02. The summed E-state index contributed by atoms with van der Waals surface area (Å²) in [5, 5.41) is 13.0. The van der Waals surface area contributed by atoms with E-state index in [0.717, 1.165) is 6.07 Å². The molecule has 0 aliphatic rings. The zero-order valence-electron chi connectivity index (χ0n) is 11.2. The van der Waals surface area contributed by atoms with Crippen molar-refractivity contribution in [2.75, 3.05) is 0 Å². The lowest BCUT2D eigenvalue weighted by Gasteiger charge is -2.07. The van der Waals surface area contributed by atoms with Gasteiger partial charge in [0.2, 0.25) is 0 Å². The van der Waals surface area contributed by atoms with Crippen molar-refractivity contribution >= 4 is 5.97 Å². The maximum absolute atomic E-state index is 13.6. The smallest absolute Gasteiger partial charge is 0.335 e. The van der Waals surface area contributed by atoms with Crippen molar-refractivity contribution in [1.82, 2.24) is 9.78 Å². The summed E-state index contributed by atoms with van der Waals surface area (Å²) >= 11 is 0. The average Bonchev–Trinajstić information content (AvgIpc) is 2.86. The Morgan fingerprint density at radius 2 is 2.20 bits per heavy atom. The van der Waals surface area contributed by atoms with Crippen LogP contribution < -0.4 is 4.74 Å². The number of aromatic nitrogens is 2. The van der Waals surface area contributed by atoms with Gasteiger partial charge in [0.1, 0.15) is 6.61 Å².